The average Bonchev–Trinajstić information content (AvgIpc) is 2.05. The SMILES string of the molecule is O=C1NC(O)C1c1ccccc1. The molecule has 12 heavy (non-hydrogen) atoms. The van der Waals surface area contributed by atoms with Crippen LogP contribution in [0.3, 0.4) is 0 Å². The molecular formula is C9H9NO2. The number of nitrogens with one attached hydrogen (secondary N) is 1. The van der Waals surface area contributed by atoms with E-state index in [4.69, 9.17) is 0 Å². The lowest BCUT2D eigenvalue weighted by Gasteiger charge is -2.32. The highest BCUT2D eigenvalue weighted by Crippen LogP contribution is 2.25. The number of benzene rings is 1. The number of hydrogen-bond donors (Lipinski definition) is 2. The second-order valence-corrected chi connectivity index (χ2v) is 2.84. The summed E-state index contributed by atoms with van der Waals surface area (Å²) in [6.45, 7) is 0. The van der Waals surface area contributed by atoms with Crippen LogP contribution in [0, 0.1) is 0 Å². The summed E-state index contributed by atoms with van der Waals surface area (Å²) in [5, 5.41) is 11.6. The Bertz CT molecular complexity index is 297. The molecule has 0 bridgehead atoms. The summed E-state index contributed by atoms with van der Waals surface area (Å²) in [5.74, 6) is -0.472. The van der Waals surface area contributed by atoms with Gasteiger partial charge in [0.05, 0.1) is 0 Å². The molecule has 3 heteroatoms. The molecule has 1 aromatic carbocycles. The molecule has 1 aliphatic rings. The molecule has 2 rings (SSSR count). The van der Waals surface area contributed by atoms with Gasteiger partial charge in [0.25, 0.3) is 0 Å². The van der Waals surface area contributed by atoms with Crippen molar-refractivity contribution in [3.05, 3.63) is 35.9 Å². The number of rotatable bonds is 1. The fraction of sp³-hybridized carbons (Fsp3) is 0.222. The van der Waals surface area contributed by atoms with Gasteiger partial charge in [0.2, 0.25) is 5.91 Å². The van der Waals surface area contributed by atoms with Gasteiger partial charge in [-0.05, 0) is 5.56 Å². The number of aliphatic hydroxyl groups excluding tert-OH is 1. The van der Waals surface area contributed by atoms with Crippen molar-refractivity contribution < 1.29 is 9.90 Å². The molecule has 1 aromatic rings. The van der Waals surface area contributed by atoms with Crippen molar-refractivity contribution in [3.8, 4) is 0 Å². The van der Waals surface area contributed by atoms with Gasteiger partial charge in [0.1, 0.15) is 12.1 Å². The number of carbonyl (C=O) groups excluding carboxylic acids is 1. The monoisotopic (exact) mass is 163 g/mol. The van der Waals surface area contributed by atoms with Gasteiger partial charge >= 0.3 is 0 Å². The van der Waals surface area contributed by atoms with Gasteiger partial charge in [-0.2, -0.15) is 0 Å². The number of β-lactam (4-membered cyclic amide) rings is 1. The Labute approximate surface area is 70.0 Å². The maximum atomic E-state index is 11.0. The first kappa shape index (κ1) is 7.31. The van der Waals surface area contributed by atoms with Crippen LogP contribution in [0.25, 0.3) is 0 Å². The minimum absolute atomic E-state index is 0.103. The molecule has 2 N–H and O–H groups in total. The van der Waals surface area contributed by atoms with Crippen molar-refractivity contribution in [2.24, 2.45) is 0 Å². The third-order valence-electron chi connectivity index (χ3n) is 2.05. The summed E-state index contributed by atoms with van der Waals surface area (Å²) in [4.78, 5) is 11.0. The average molecular weight is 163 g/mol. The van der Waals surface area contributed by atoms with Crippen LogP contribution in [-0.2, 0) is 4.79 Å². The smallest absolute Gasteiger partial charge is 0.234 e. The number of aliphatic hydroxyl groups is 1. The highest BCUT2D eigenvalue weighted by atomic mass is 16.3. The fourth-order valence-corrected chi connectivity index (χ4v) is 1.36. The van der Waals surface area contributed by atoms with Crippen LogP contribution in [0.4, 0.5) is 0 Å². The Morgan fingerprint density at radius 3 is 2.42 bits per heavy atom. The highest BCUT2D eigenvalue weighted by Gasteiger charge is 2.38. The summed E-state index contributed by atoms with van der Waals surface area (Å²) < 4.78 is 0. The first-order valence-electron chi connectivity index (χ1n) is 3.82. The summed E-state index contributed by atoms with van der Waals surface area (Å²) in [6.07, 6.45) is -0.708. The molecule has 2 unspecified atom stereocenters. The van der Waals surface area contributed by atoms with Crippen molar-refractivity contribution in [3.63, 3.8) is 0 Å². The van der Waals surface area contributed by atoms with Crippen molar-refractivity contribution >= 4 is 5.91 Å². The molecule has 0 aliphatic carbocycles. The topological polar surface area (TPSA) is 49.3 Å². The van der Waals surface area contributed by atoms with Crippen molar-refractivity contribution in [2.45, 2.75) is 12.1 Å². The second-order valence-electron chi connectivity index (χ2n) is 2.84. The van der Waals surface area contributed by atoms with Gasteiger partial charge in [0.15, 0.2) is 0 Å². The number of hydrogen-bond acceptors (Lipinski definition) is 2. The van der Waals surface area contributed by atoms with Gasteiger partial charge in [0, 0.05) is 0 Å². The first-order chi connectivity index (χ1) is 5.79. The Morgan fingerprint density at radius 2 is 1.92 bits per heavy atom. The largest absolute Gasteiger partial charge is 0.373 e. The van der Waals surface area contributed by atoms with Gasteiger partial charge in [-0.1, -0.05) is 30.3 Å². The van der Waals surface area contributed by atoms with Gasteiger partial charge in [-0.25, -0.2) is 0 Å². The molecule has 0 spiro atoms. The van der Waals surface area contributed by atoms with E-state index < -0.39 is 6.23 Å². The van der Waals surface area contributed by atoms with Crippen LogP contribution in [0.2, 0.25) is 0 Å². The molecule has 62 valence electrons. The number of amides is 1. The Hall–Kier alpha value is -1.35. The van der Waals surface area contributed by atoms with Gasteiger partial charge in [-0.15, -0.1) is 0 Å². The molecule has 1 fully saturated rings. The van der Waals surface area contributed by atoms with Crippen molar-refractivity contribution in [1.29, 1.82) is 0 Å². The maximum Gasteiger partial charge on any atom is 0.234 e. The zero-order valence-electron chi connectivity index (χ0n) is 6.40. The van der Waals surface area contributed by atoms with E-state index >= 15 is 0 Å². The zero-order chi connectivity index (χ0) is 8.55. The zero-order valence-corrected chi connectivity index (χ0v) is 6.40. The van der Waals surface area contributed by atoms with E-state index in [0.29, 0.717) is 0 Å². The van der Waals surface area contributed by atoms with Crippen LogP contribution in [0.5, 0.6) is 0 Å². The molecular weight excluding hydrogens is 154 g/mol. The molecule has 0 saturated carbocycles. The molecule has 0 aromatic heterocycles. The second kappa shape index (κ2) is 2.60. The van der Waals surface area contributed by atoms with E-state index in [1.54, 1.807) is 0 Å². The van der Waals surface area contributed by atoms with Crippen molar-refractivity contribution in [2.75, 3.05) is 0 Å². The predicted molar refractivity (Wildman–Crippen MR) is 43.3 cm³/mol. The highest BCUT2D eigenvalue weighted by molar-refractivity contribution is 5.90. The summed E-state index contributed by atoms with van der Waals surface area (Å²) in [6, 6.07) is 9.27. The quantitative estimate of drug-likeness (QED) is 0.582. The minimum atomic E-state index is -0.708. The predicted octanol–water partition coefficient (Wildman–Crippen LogP) is 0.218. The maximum absolute atomic E-state index is 11.0. The first-order valence-corrected chi connectivity index (χ1v) is 3.82. The van der Waals surface area contributed by atoms with Gasteiger partial charge in [-0.3, -0.25) is 4.79 Å². The molecule has 2 atom stereocenters. The lowest BCUT2D eigenvalue weighted by Crippen LogP contribution is -2.56. The lowest BCUT2D eigenvalue weighted by molar-refractivity contribution is -0.139. The molecule has 1 saturated heterocycles. The van der Waals surface area contributed by atoms with E-state index in [-0.39, 0.29) is 11.8 Å². The third-order valence-corrected chi connectivity index (χ3v) is 2.05. The third kappa shape index (κ3) is 0.987. The normalized spacial score (nSPS) is 27.6. The summed E-state index contributed by atoms with van der Waals surface area (Å²) in [7, 11) is 0. The number of carbonyl (C=O) groups is 1. The Morgan fingerprint density at radius 1 is 1.25 bits per heavy atom. The van der Waals surface area contributed by atoms with E-state index in [2.05, 4.69) is 5.32 Å². The molecule has 3 nitrogen and oxygen atoms in total. The van der Waals surface area contributed by atoms with Crippen LogP contribution in [0.15, 0.2) is 30.3 Å². The van der Waals surface area contributed by atoms with Gasteiger partial charge < -0.3 is 10.4 Å². The summed E-state index contributed by atoms with van der Waals surface area (Å²) >= 11 is 0. The Kier molecular flexibility index (Phi) is 1.59. The van der Waals surface area contributed by atoms with E-state index in [1.807, 2.05) is 30.3 Å². The minimum Gasteiger partial charge on any atom is -0.373 e. The van der Waals surface area contributed by atoms with E-state index in [1.165, 1.54) is 0 Å². The fourth-order valence-electron chi connectivity index (χ4n) is 1.36. The summed E-state index contributed by atoms with van der Waals surface area (Å²) in [5.41, 5.74) is 0.869. The van der Waals surface area contributed by atoms with Crippen LogP contribution in [0.1, 0.15) is 11.5 Å². The molecule has 1 aliphatic heterocycles. The van der Waals surface area contributed by atoms with Crippen LogP contribution >= 0.6 is 0 Å². The molecule has 1 amide bonds. The molecule has 1 heterocycles. The van der Waals surface area contributed by atoms with Crippen LogP contribution in [-0.4, -0.2) is 17.2 Å². The lowest BCUT2D eigenvalue weighted by atomic mass is 9.91. The molecule has 0 radical (unpaired) electrons. The van der Waals surface area contributed by atoms with E-state index in [0.717, 1.165) is 5.56 Å². The van der Waals surface area contributed by atoms with E-state index in [9.17, 15) is 9.90 Å². The standard InChI is InChI=1S/C9H9NO2/c11-8-7(9(12)10-8)6-4-2-1-3-5-6/h1-5,7-8,11H,(H,10,12). The van der Waals surface area contributed by atoms with Crippen molar-refractivity contribution in [1.82, 2.24) is 5.32 Å². The van der Waals surface area contributed by atoms with Crippen LogP contribution < -0.4 is 5.32 Å². The Balaban J connectivity index is 2.26.